The number of fused-ring (bicyclic) bond motifs is 2. The van der Waals surface area contributed by atoms with E-state index in [4.69, 9.17) is 9.15 Å². The molecule has 5 heteroatoms. The fourth-order valence-electron chi connectivity index (χ4n) is 3.63. The Morgan fingerprint density at radius 3 is 2.61 bits per heavy atom. The molecule has 3 aromatic rings. The number of hydrogen-bond acceptors (Lipinski definition) is 4. The standard InChI is InChI=1S/C23H23NO4/c1-2-10-27-23(26)15-6-8-19(9-7-15)24-22(25)13-18-14-28-21-12-17-5-3-4-16(17)11-20(18)21/h6-9,11-12,14H,2-5,10,13H2,1H3,(H,24,25). The van der Waals surface area contributed by atoms with E-state index in [1.807, 2.05) is 6.92 Å². The van der Waals surface area contributed by atoms with Crippen LogP contribution in [0.4, 0.5) is 5.69 Å². The van der Waals surface area contributed by atoms with Crippen LogP contribution in [0.15, 0.2) is 47.1 Å². The van der Waals surface area contributed by atoms with Crippen molar-refractivity contribution in [1.82, 2.24) is 0 Å². The van der Waals surface area contributed by atoms with E-state index in [1.54, 1.807) is 30.5 Å². The van der Waals surface area contributed by atoms with Crippen LogP contribution in [0, 0.1) is 0 Å². The van der Waals surface area contributed by atoms with Gasteiger partial charge in [0.25, 0.3) is 0 Å². The number of aryl methyl sites for hydroxylation is 2. The highest BCUT2D eigenvalue weighted by Gasteiger charge is 2.17. The summed E-state index contributed by atoms with van der Waals surface area (Å²) in [5.74, 6) is -0.471. The zero-order valence-corrected chi connectivity index (χ0v) is 15.9. The first-order chi connectivity index (χ1) is 13.6. The molecule has 144 valence electrons. The Balaban J connectivity index is 1.42. The summed E-state index contributed by atoms with van der Waals surface area (Å²) < 4.78 is 10.8. The number of benzene rings is 2. The van der Waals surface area contributed by atoms with Crippen molar-refractivity contribution in [3.63, 3.8) is 0 Å². The minimum Gasteiger partial charge on any atom is -0.464 e. The monoisotopic (exact) mass is 377 g/mol. The molecule has 0 atom stereocenters. The maximum atomic E-state index is 12.5. The molecule has 0 aliphatic heterocycles. The largest absolute Gasteiger partial charge is 0.464 e. The van der Waals surface area contributed by atoms with Crippen molar-refractivity contribution in [2.24, 2.45) is 0 Å². The van der Waals surface area contributed by atoms with Crippen LogP contribution in [0.2, 0.25) is 0 Å². The van der Waals surface area contributed by atoms with Gasteiger partial charge in [0.05, 0.1) is 24.9 Å². The fraction of sp³-hybridized carbons (Fsp3) is 0.304. The van der Waals surface area contributed by atoms with Gasteiger partial charge in [-0.15, -0.1) is 0 Å². The van der Waals surface area contributed by atoms with Crippen molar-refractivity contribution in [2.75, 3.05) is 11.9 Å². The lowest BCUT2D eigenvalue weighted by Crippen LogP contribution is -2.14. The average Bonchev–Trinajstić information content (AvgIpc) is 3.31. The molecule has 0 unspecified atom stereocenters. The second-order valence-corrected chi connectivity index (χ2v) is 7.17. The third-order valence-electron chi connectivity index (χ3n) is 5.06. The Hall–Kier alpha value is -3.08. The molecule has 0 saturated heterocycles. The van der Waals surface area contributed by atoms with Crippen LogP contribution in [-0.4, -0.2) is 18.5 Å². The number of esters is 1. The van der Waals surface area contributed by atoms with Crippen molar-refractivity contribution in [3.8, 4) is 0 Å². The first-order valence-electron chi connectivity index (χ1n) is 9.73. The van der Waals surface area contributed by atoms with Crippen LogP contribution in [0.3, 0.4) is 0 Å². The zero-order valence-electron chi connectivity index (χ0n) is 15.9. The van der Waals surface area contributed by atoms with Crippen LogP contribution in [0.1, 0.15) is 46.8 Å². The van der Waals surface area contributed by atoms with E-state index < -0.39 is 0 Å². The first-order valence-corrected chi connectivity index (χ1v) is 9.73. The SMILES string of the molecule is CCCOC(=O)c1ccc(NC(=O)Cc2coc3cc4c(cc23)CCC4)cc1. The smallest absolute Gasteiger partial charge is 0.338 e. The van der Waals surface area contributed by atoms with Crippen molar-refractivity contribution in [3.05, 3.63) is 64.9 Å². The molecule has 1 heterocycles. The molecular weight excluding hydrogens is 354 g/mol. The van der Waals surface area contributed by atoms with Crippen molar-refractivity contribution in [2.45, 2.75) is 39.0 Å². The van der Waals surface area contributed by atoms with Crippen LogP contribution >= 0.6 is 0 Å². The number of carbonyl (C=O) groups excluding carboxylic acids is 2. The average molecular weight is 377 g/mol. The lowest BCUT2D eigenvalue weighted by Gasteiger charge is -2.07. The quantitative estimate of drug-likeness (QED) is 0.634. The summed E-state index contributed by atoms with van der Waals surface area (Å²) in [5, 5.41) is 3.89. The van der Waals surface area contributed by atoms with E-state index in [-0.39, 0.29) is 18.3 Å². The molecule has 1 N–H and O–H groups in total. The summed E-state index contributed by atoms with van der Waals surface area (Å²) in [4.78, 5) is 24.3. The van der Waals surface area contributed by atoms with E-state index in [1.165, 1.54) is 17.5 Å². The number of amides is 1. The second-order valence-electron chi connectivity index (χ2n) is 7.17. The van der Waals surface area contributed by atoms with Gasteiger partial charge >= 0.3 is 5.97 Å². The van der Waals surface area contributed by atoms with Crippen molar-refractivity contribution < 1.29 is 18.7 Å². The molecular formula is C23H23NO4. The molecule has 28 heavy (non-hydrogen) atoms. The van der Waals surface area contributed by atoms with Gasteiger partial charge < -0.3 is 14.5 Å². The number of nitrogens with one attached hydrogen (secondary N) is 1. The minimum absolute atomic E-state index is 0.121. The van der Waals surface area contributed by atoms with E-state index >= 15 is 0 Å². The van der Waals surface area contributed by atoms with Gasteiger partial charge in [-0.3, -0.25) is 4.79 Å². The third-order valence-corrected chi connectivity index (χ3v) is 5.06. The Labute approximate surface area is 163 Å². The second kappa shape index (κ2) is 7.89. The number of hydrogen-bond donors (Lipinski definition) is 1. The van der Waals surface area contributed by atoms with E-state index in [2.05, 4.69) is 17.4 Å². The number of carbonyl (C=O) groups is 2. The highest BCUT2D eigenvalue weighted by Crippen LogP contribution is 2.30. The molecule has 0 spiro atoms. The summed E-state index contributed by atoms with van der Waals surface area (Å²) in [6.07, 6.45) is 6.07. The molecule has 0 radical (unpaired) electrons. The maximum Gasteiger partial charge on any atom is 0.338 e. The van der Waals surface area contributed by atoms with Gasteiger partial charge in [0.2, 0.25) is 5.91 Å². The zero-order chi connectivity index (χ0) is 19.5. The predicted molar refractivity (Wildman–Crippen MR) is 108 cm³/mol. The van der Waals surface area contributed by atoms with E-state index in [9.17, 15) is 9.59 Å². The van der Waals surface area contributed by atoms with E-state index in [0.717, 1.165) is 35.8 Å². The Morgan fingerprint density at radius 1 is 1.11 bits per heavy atom. The lowest BCUT2D eigenvalue weighted by atomic mass is 10.0. The Bertz CT molecular complexity index is 1020. The van der Waals surface area contributed by atoms with Gasteiger partial charge in [-0.25, -0.2) is 4.79 Å². The van der Waals surface area contributed by atoms with Crippen LogP contribution < -0.4 is 5.32 Å². The topological polar surface area (TPSA) is 68.5 Å². The number of ether oxygens (including phenoxy) is 1. The summed E-state index contributed by atoms with van der Waals surface area (Å²) >= 11 is 0. The van der Waals surface area contributed by atoms with Gasteiger partial charge in [-0.2, -0.15) is 0 Å². The van der Waals surface area contributed by atoms with Crippen molar-refractivity contribution >= 4 is 28.5 Å². The molecule has 0 fully saturated rings. The number of rotatable bonds is 6. The summed E-state index contributed by atoms with van der Waals surface area (Å²) in [7, 11) is 0. The predicted octanol–water partition coefficient (Wildman–Crippen LogP) is 4.67. The Morgan fingerprint density at radius 2 is 1.86 bits per heavy atom. The molecule has 1 aliphatic carbocycles. The van der Waals surface area contributed by atoms with Gasteiger partial charge in [0, 0.05) is 16.6 Å². The Kier molecular flexibility index (Phi) is 5.15. The molecule has 2 aromatic carbocycles. The molecule has 1 aromatic heterocycles. The van der Waals surface area contributed by atoms with Gasteiger partial charge in [-0.1, -0.05) is 6.92 Å². The molecule has 0 bridgehead atoms. The minimum atomic E-state index is -0.350. The van der Waals surface area contributed by atoms with Crippen LogP contribution in [-0.2, 0) is 28.8 Å². The molecule has 0 saturated carbocycles. The maximum absolute atomic E-state index is 12.5. The number of furan rings is 1. The summed E-state index contributed by atoms with van der Waals surface area (Å²) in [6, 6.07) is 11.0. The molecule has 1 aliphatic rings. The highest BCUT2D eigenvalue weighted by atomic mass is 16.5. The summed E-state index contributed by atoms with van der Waals surface area (Å²) in [6.45, 7) is 2.35. The third kappa shape index (κ3) is 3.79. The molecule has 4 rings (SSSR count). The fourth-order valence-corrected chi connectivity index (χ4v) is 3.63. The van der Waals surface area contributed by atoms with E-state index in [0.29, 0.717) is 17.9 Å². The first kappa shape index (κ1) is 18.3. The normalized spacial score (nSPS) is 12.8. The molecule has 1 amide bonds. The van der Waals surface area contributed by atoms with Gasteiger partial charge in [0.1, 0.15) is 5.58 Å². The van der Waals surface area contributed by atoms with Gasteiger partial charge in [-0.05, 0) is 73.2 Å². The summed E-state index contributed by atoms with van der Waals surface area (Å²) in [5.41, 5.74) is 5.57. The van der Waals surface area contributed by atoms with Gasteiger partial charge in [0.15, 0.2) is 0 Å². The molecule has 5 nitrogen and oxygen atoms in total. The van der Waals surface area contributed by atoms with Crippen LogP contribution in [0.25, 0.3) is 11.0 Å². The van der Waals surface area contributed by atoms with Crippen LogP contribution in [0.5, 0.6) is 0 Å². The lowest BCUT2D eigenvalue weighted by molar-refractivity contribution is -0.115. The highest BCUT2D eigenvalue weighted by molar-refractivity contribution is 5.96. The number of anilines is 1. The van der Waals surface area contributed by atoms with Crippen molar-refractivity contribution in [1.29, 1.82) is 0 Å².